The Hall–Kier alpha value is -2.11. The first-order valence-electron chi connectivity index (χ1n) is 3.59. The zero-order chi connectivity index (χ0) is 9.26. The average molecular weight is 178 g/mol. The van der Waals surface area contributed by atoms with Gasteiger partial charge in [0, 0.05) is 12.4 Å². The van der Waals surface area contributed by atoms with Crippen LogP contribution in [0.5, 0.6) is 0 Å². The fourth-order valence-corrected chi connectivity index (χ4v) is 1.00. The molecule has 0 aliphatic rings. The van der Waals surface area contributed by atoms with Gasteiger partial charge >= 0.3 is 0 Å². The summed E-state index contributed by atoms with van der Waals surface area (Å²) >= 11 is 0. The Morgan fingerprint density at radius 3 is 2.85 bits per heavy atom. The van der Waals surface area contributed by atoms with E-state index in [2.05, 4.69) is 20.4 Å². The van der Waals surface area contributed by atoms with Gasteiger partial charge in [-0.25, -0.2) is 0 Å². The molecule has 2 aromatic rings. The molecule has 0 aliphatic carbocycles. The normalized spacial score (nSPS) is 10.2. The summed E-state index contributed by atoms with van der Waals surface area (Å²) in [6, 6.07) is 1.51. The molecule has 0 aliphatic heterocycles. The van der Waals surface area contributed by atoms with Crippen molar-refractivity contribution in [2.75, 3.05) is 0 Å². The molecule has 6 heteroatoms. The van der Waals surface area contributed by atoms with Gasteiger partial charge in [0.1, 0.15) is 11.3 Å². The number of carbonyl (C=O) groups excluding carboxylic acids is 1. The van der Waals surface area contributed by atoms with E-state index >= 15 is 0 Å². The van der Waals surface area contributed by atoms with E-state index in [1.54, 1.807) is 0 Å². The third-order valence-electron chi connectivity index (χ3n) is 1.64. The van der Waals surface area contributed by atoms with E-state index < -0.39 is 5.56 Å². The van der Waals surface area contributed by atoms with Gasteiger partial charge in [-0.1, -0.05) is 0 Å². The van der Waals surface area contributed by atoms with Gasteiger partial charge < -0.3 is 5.10 Å². The maximum Gasteiger partial charge on any atom is 0.275 e. The lowest BCUT2D eigenvalue weighted by Crippen LogP contribution is -2.13. The van der Waals surface area contributed by atoms with Gasteiger partial charge in [-0.2, -0.15) is 5.10 Å². The van der Waals surface area contributed by atoms with E-state index in [0.29, 0.717) is 5.69 Å². The molecule has 0 spiro atoms. The van der Waals surface area contributed by atoms with Crippen LogP contribution in [-0.4, -0.2) is 26.2 Å². The van der Waals surface area contributed by atoms with Gasteiger partial charge in [0.25, 0.3) is 5.56 Å². The van der Waals surface area contributed by atoms with Crippen molar-refractivity contribution < 1.29 is 4.79 Å². The summed E-state index contributed by atoms with van der Waals surface area (Å²) < 4.78 is 0. The van der Waals surface area contributed by atoms with Crippen molar-refractivity contribution in [3.8, 4) is 0 Å². The molecule has 0 saturated carbocycles. The molecule has 2 aromatic heterocycles. The first-order valence-corrected chi connectivity index (χ1v) is 3.59. The number of hydrogen-bond donors (Lipinski definition) is 3. The number of ketones is 1. The second-order valence-corrected chi connectivity index (χ2v) is 2.46. The van der Waals surface area contributed by atoms with Crippen LogP contribution in [0, 0.1) is 0 Å². The zero-order valence-electron chi connectivity index (χ0n) is 6.50. The quantitative estimate of drug-likeness (QED) is 0.549. The Kier molecular flexibility index (Phi) is 1.59. The molecule has 0 fully saturated rings. The summed E-state index contributed by atoms with van der Waals surface area (Å²) in [7, 11) is 0. The van der Waals surface area contributed by atoms with Crippen molar-refractivity contribution in [3.05, 3.63) is 40.1 Å². The monoisotopic (exact) mass is 178 g/mol. The molecular formula is C7H6N4O2. The molecular weight excluding hydrogens is 172 g/mol. The van der Waals surface area contributed by atoms with E-state index in [9.17, 15) is 9.59 Å². The zero-order valence-corrected chi connectivity index (χ0v) is 6.50. The van der Waals surface area contributed by atoms with Crippen molar-refractivity contribution in [1.29, 1.82) is 0 Å². The highest BCUT2D eigenvalue weighted by atomic mass is 16.1. The summed E-state index contributed by atoms with van der Waals surface area (Å²) in [4.78, 5) is 22.5. The lowest BCUT2D eigenvalue weighted by molar-refractivity contribution is 0.103. The van der Waals surface area contributed by atoms with Crippen LogP contribution >= 0.6 is 0 Å². The molecule has 2 rings (SSSR count). The average Bonchev–Trinajstić information content (AvgIpc) is 2.72. The molecule has 0 bridgehead atoms. The second-order valence-electron chi connectivity index (χ2n) is 2.46. The SMILES string of the molecule is O=C(c1ccn[nH]1)c1c[nH][nH]c1=O. The standard InChI is InChI=1S/C7H6N4O2/c12-6(5-1-2-8-10-5)4-3-9-11-7(4)13/h1-3H,(H,8,10)(H2,9,11,13). The van der Waals surface area contributed by atoms with Crippen LogP contribution in [0.1, 0.15) is 16.1 Å². The molecule has 0 unspecified atom stereocenters. The van der Waals surface area contributed by atoms with Crippen LogP contribution in [0.4, 0.5) is 0 Å². The molecule has 0 aromatic carbocycles. The number of nitrogens with zero attached hydrogens (tertiary/aromatic N) is 1. The van der Waals surface area contributed by atoms with Gasteiger partial charge in [0.15, 0.2) is 0 Å². The van der Waals surface area contributed by atoms with Crippen molar-refractivity contribution in [2.24, 2.45) is 0 Å². The maximum atomic E-state index is 11.5. The highest BCUT2D eigenvalue weighted by molar-refractivity contribution is 6.07. The minimum absolute atomic E-state index is 0.0734. The molecule has 0 radical (unpaired) electrons. The summed E-state index contributed by atoms with van der Waals surface area (Å²) in [5.41, 5.74) is -0.0612. The molecule has 2 heterocycles. The Morgan fingerprint density at radius 1 is 1.46 bits per heavy atom. The third-order valence-corrected chi connectivity index (χ3v) is 1.64. The Bertz CT molecular complexity index is 465. The minimum atomic E-state index is -0.431. The number of aromatic amines is 3. The highest BCUT2D eigenvalue weighted by Crippen LogP contribution is 1.99. The fourth-order valence-electron chi connectivity index (χ4n) is 1.00. The smallest absolute Gasteiger partial charge is 0.275 e. The van der Waals surface area contributed by atoms with Crippen molar-refractivity contribution in [1.82, 2.24) is 20.4 Å². The first-order chi connectivity index (χ1) is 6.29. The first kappa shape index (κ1) is 7.53. The highest BCUT2D eigenvalue weighted by Gasteiger charge is 2.14. The van der Waals surface area contributed by atoms with E-state index in [0.717, 1.165) is 0 Å². The predicted octanol–water partition coefficient (Wildman–Crippen LogP) is -0.343. The lowest BCUT2D eigenvalue weighted by Gasteiger charge is -1.88. The third kappa shape index (κ3) is 1.18. The van der Waals surface area contributed by atoms with Crippen LogP contribution < -0.4 is 5.56 Å². The van der Waals surface area contributed by atoms with E-state index in [-0.39, 0.29) is 11.3 Å². The Balaban J connectivity index is 2.45. The van der Waals surface area contributed by atoms with E-state index in [4.69, 9.17) is 0 Å². The van der Waals surface area contributed by atoms with Crippen LogP contribution in [0.2, 0.25) is 0 Å². The van der Waals surface area contributed by atoms with Gasteiger partial charge in [-0.05, 0) is 6.07 Å². The summed E-state index contributed by atoms with van der Waals surface area (Å²) in [5, 5.41) is 10.8. The van der Waals surface area contributed by atoms with E-state index in [1.165, 1.54) is 18.5 Å². The number of carbonyl (C=O) groups is 1. The predicted molar refractivity (Wildman–Crippen MR) is 43.4 cm³/mol. The largest absolute Gasteiger partial charge is 0.305 e. The Labute approximate surface area is 72.0 Å². The number of nitrogens with one attached hydrogen (secondary N) is 3. The molecule has 66 valence electrons. The molecule has 0 amide bonds. The van der Waals surface area contributed by atoms with Crippen LogP contribution in [-0.2, 0) is 0 Å². The van der Waals surface area contributed by atoms with Gasteiger partial charge in [-0.15, -0.1) is 0 Å². The fraction of sp³-hybridized carbons (Fsp3) is 0. The molecule has 0 saturated heterocycles. The van der Waals surface area contributed by atoms with Crippen LogP contribution in [0.15, 0.2) is 23.3 Å². The number of hydrogen-bond acceptors (Lipinski definition) is 3. The van der Waals surface area contributed by atoms with Crippen LogP contribution in [0.3, 0.4) is 0 Å². The van der Waals surface area contributed by atoms with Crippen molar-refractivity contribution in [3.63, 3.8) is 0 Å². The molecule has 3 N–H and O–H groups in total. The topological polar surface area (TPSA) is 94.4 Å². The number of H-pyrrole nitrogens is 3. The number of rotatable bonds is 2. The second kappa shape index (κ2) is 2.74. The summed E-state index contributed by atoms with van der Waals surface area (Å²) in [5.74, 6) is -0.375. The number of aromatic nitrogens is 4. The summed E-state index contributed by atoms with van der Waals surface area (Å²) in [6.07, 6.45) is 2.78. The molecule has 0 atom stereocenters. The van der Waals surface area contributed by atoms with Crippen LogP contribution in [0.25, 0.3) is 0 Å². The molecule has 6 nitrogen and oxygen atoms in total. The van der Waals surface area contributed by atoms with Crippen molar-refractivity contribution >= 4 is 5.78 Å². The van der Waals surface area contributed by atoms with Gasteiger partial charge in [0.2, 0.25) is 5.78 Å². The van der Waals surface area contributed by atoms with Gasteiger partial charge in [0.05, 0.1) is 0 Å². The van der Waals surface area contributed by atoms with Gasteiger partial charge in [-0.3, -0.25) is 19.8 Å². The summed E-state index contributed by atoms with van der Waals surface area (Å²) in [6.45, 7) is 0. The lowest BCUT2D eigenvalue weighted by atomic mass is 10.2. The van der Waals surface area contributed by atoms with Crippen molar-refractivity contribution in [2.45, 2.75) is 0 Å². The maximum absolute atomic E-state index is 11.5. The molecule has 13 heavy (non-hydrogen) atoms. The van der Waals surface area contributed by atoms with E-state index in [1.807, 2.05) is 0 Å². The Morgan fingerprint density at radius 2 is 2.31 bits per heavy atom. The minimum Gasteiger partial charge on any atom is -0.305 e.